The Kier molecular flexibility index (Phi) is 13.0. The number of aliphatic carboxylic acids is 3. The smallest absolute Gasteiger partial charge is 0.344 e. The van der Waals surface area contributed by atoms with Crippen molar-refractivity contribution in [1.82, 2.24) is 5.32 Å². The summed E-state index contributed by atoms with van der Waals surface area (Å²) in [6.45, 7) is 12.8. The van der Waals surface area contributed by atoms with Crippen LogP contribution in [0.15, 0.2) is 42.5 Å². The Labute approximate surface area is 290 Å². The van der Waals surface area contributed by atoms with Gasteiger partial charge in [0.25, 0.3) is 0 Å². The summed E-state index contributed by atoms with van der Waals surface area (Å²) < 4.78 is 16.5. The SMILES string of the molecule is C=C(CCC12OC(C(=O)O)C(O)(C(=O)O)C(C(=O)O)(O1)C(OC(=O)CC(O)C(C)CC(C)CC)C2O)C(NC(C)=O)C(C)Cc1ccccc1. The standard InChI is InChI=1S/C35H49NO14/c1-7-18(2)15-20(4)24(38)17-25(39)48-28-27(40)33(49-29(30(41)42)34(47,31(43)44)35(28,50-33)32(45)46)14-13-19(3)26(36-22(6)37)21(5)16-23-11-9-8-10-12-23/h8-12,18,20-21,24,26-29,38,40,47H,3,7,13-17H2,1-2,4-6H3,(H,36,37)(H,41,42)(H,43,44)(H,45,46). The first-order valence-corrected chi connectivity index (χ1v) is 16.6. The highest BCUT2D eigenvalue weighted by atomic mass is 16.8. The van der Waals surface area contributed by atoms with Crippen molar-refractivity contribution in [1.29, 1.82) is 0 Å². The van der Waals surface area contributed by atoms with Gasteiger partial charge in [0.2, 0.25) is 29.0 Å². The zero-order valence-electron chi connectivity index (χ0n) is 28.9. The maximum Gasteiger partial charge on any atom is 0.344 e. The van der Waals surface area contributed by atoms with Crippen molar-refractivity contribution in [3.63, 3.8) is 0 Å². The van der Waals surface area contributed by atoms with Crippen molar-refractivity contribution in [3.05, 3.63) is 48.0 Å². The number of carbonyl (C=O) groups excluding carboxylic acids is 2. The van der Waals surface area contributed by atoms with Crippen LogP contribution in [-0.4, -0.2) is 108 Å². The van der Waals surface area contributed by atoms with E-state index in [0.717, 1.165) is 12.0 Å². The fourth-order valence-corrected chi connectivity index (χ4v) is 6.93. The second-order valence-corrected chi connectivity index (χ2v) is 13.7. The molecule has 2 aliphatic rings. The monoisotopic (exact) mass is 707 g/mol. The summed E-state index contributed by atoms with van der Waals surface area (Å²) in [4.78, 5) is 63.3. The normalized spacial score (nSPS) is 30.3. The minimum atomic E-state index is -3.93. The molecule has 2 heterocycles. The predicted molar refractivity (Wildman–Crippen MR) is 174 cm³/mol. The molecule has 0 radical (unpaired) electrons. The largest absolute Gasteiger partial charge is 0.479 e. The number of rotatable bonds is 18. The van der Waals surface area contributed by atoms with Gasteiger partial charge in [-0.2, -0.15) is 0 Å². The van der Waals surface area contributed by atoms with Crippen LogP contribution in [0.5, 0.6) is 0 Å². The molecule has 1 aromatic carbocycles. The van der Waals surface area contributed by atoms with Gasteiger partial charge in [0, 0.05) is 13.3 Å². The molecule has 0 aromatic heterocycles. The van der Waals surface area contributed by atoms with Crippen LogP contribution in [0.4, 0.5) is 0 Å². The van der Waals surface area contributed by atoms with Gasteiger partial charge in [-0.25, -0.2) is 14.4 Å². The third kappa shape index (κ3) is 7.86. The molecular formula is C35H49NO14. The molecule has 1 aromatic rings. The lowest BCUT2D eigenvalue weighted by Crippen LogP contribution is -2.78. The number of carbonyl (C=O) groups is 5. The van der Waals surface area contributed by atoms with Crippen LogP contribution in [0, 0.1) is 17.8 Å². The van der Waals surface area contributed by atoms with Crippen molar-refractivity contribution in [2.75, 3.05) is 0 Å². The van der Waals surface area contributed by atoms with E-state index in [0.29, 0.717) is 18.4 Å². The quantitative estimate of drug-likeness (QED) is 0.0847. The number of fused-ring (bicyclic) bond motifs is 2. The molecule has 2 fully saturated rings. The van der Waals surface area contributed by atoms with Crippen LogP contribution in [0.3, 0.4) is 0 Å². The summed E-state index contributed by atoms with van der Waals surface area (Å²) in [6.07, 6.45) is -8.64. The van der Waals surface area contributed by atoms with E-state index in [9.17, 15) is 54.6 Å². The first-order chi connectivity index (χ1) is 23.3. The van der Waals surface area contributed by atoms with Crippen molar-refractivity contribution in [2.45, 2.75) is 121 Å². The Morgan fingerprint density at radius 1 is 1.02 bits per heavy atom. The summed E-state index contributed by atoms with van der Waals surface area (Å²) in [5.74, 6) is -11.6. The molecule has 0 aliphatic carbocycles. The highest BCUT2D eigenvalue weighted by Crippen LogP contribution is 2.56. The Bertz CT molecular complexity index is 1440. The number of carboxylic acid groups (broad SMARTS) is 3. The molecule has 0 spiro atoms. The van der Waals surface area contributed by atoms with Crippen LogP contribution in [0.1, 0.15) is 72.3 Å². The summed E-state index contributed by atoms with van der Waals surface area (Å²) >= 11 is 0. The second kappa shape index (κ2) is 16.0. The maximum atomic E-state index is 13.2. The number of hydrogen-bond donors (Lipinski definition) is 7. The lowest BCUT2D eigenvalue weighted by Gasteiger charge is -2.48. The van der Waals surface area contributed by atoms with Crippen molar-refractivity contribution in [2.24, 2.45) is 17.8 Å². The number of benzene rings is 1. The Morgan fingerprint density at radius 3 is 2.16 bits per heavy atom. The number of carboxylic acids is 3. The molecule has 2 bridgehead atoms. The average molecular weight is 708 g/mol. The van der Waals surface area contributed by atoms with Crippen LogP contribution >= 0.6 is 0 Å². The molecule has 2 aliphatic heterocycles. The average Bonchev–Trinajstić information content (AvgIpc) is 3.25. The molecule has 50 heavy (non-hydrogen) atoms. The first kappa shape index (κ1) is 40.5. The van der Waals surface area contributed by atoms with E-state index in [4.69, 9.17) is 14.2 Å². The Hall–Kier alpha value is -3.89. The van der Waals surface area contributed by atoms with E-state index in [-0.39, 0.29) is 18.3 Å². The Balaban J connectivity index is 2.00. The number of amides is 1. The molecule has 7 N–H and O–H groups in total. The topological polar surface area (TPSA) is 246 Å². The molecule has 278 valence electrons. The van der Waals surface area contributed by atoms with Gasteiger partial charge in [0.05, 0.1) is 18.6 Å². The third-order valence-corrected chi connectivity index (χ3v) is 9.93. The number of aliphatic hydroxyl groups excluding tert-OH is 2. The third-order valence-electron chi connectivity index (χ3n) is 9.93. The summed E-state index contributed by atoms with van der Waals surface area (Å²) in [5.41, 5.74) is -6.23. The van der Waals surface area contributed by atoms with Crippen LogP contribution < -0.4 is 5.32 Å². The summed E-state index contributed by atoms with van der Waals surface area (Å²) in [6, 6.07) is 8.67. The van der Waals surface area contributed by atoms with Gasteiger partial charge in [-0.15, -0.1) is 0 Å². The van der Waals surface area contributed by atoms with Crippen molar-refractivity contribution in [3.8, 4) is 0 Å². The minimum Gasteiger partial charge on any atom is -0.479 e. The minimum absolute atomic E-state index is 0.201. The lowest BCUT2D eigenvalue weighted by molar-refractivity contribution is -0.374. The van der Waals surface area contributed by atoms with E-state index in [1.165, 1.54) is 6.92 Å². The van der Waals surface area contributed by atoms with Gasteiger partial charge in [0.15, 0.2) is 6.10 Å². The first-order valence-electron chi connectivity index (χ1n) is 16.6. The van der Waals surface area contributed by atoms with Gasteiger partial charge in [-0.05, 0) is 42.6 Å². The highest BCUT2D eigenvalue weighted by molar-refractivity contribution is 5.98. The summed E-state index contributed by atoms with van der Waals surface area (Å²) in [7, 11) is 0. The highest BCUT2D eigenvalue weighted by Gasteiger charge is 2.85. The van der Waals surface area contributed by atoms with Gasteiger partial charge >= 0.3 is 23.9 Å². The number of esters is 1. The van der Waals surface area contributed by atoms with Crippen LogP contribution in [-0.2, 0) is 44.6 Å². The van der Waals surface area contributed by atoms with E-state index in [1.807, 2.05) is 51.1 Å². The second-order valence-electron chi connectivity index (χ2n) is 13.7. The number of aliphatic hydroxyl groups is 3. The number of nitrogens with one attached hydrogen (secondary N) is 1. The molecule has 3 rings (SSSR count). The molecular weight excluding hydrogens is 658 g/mol. The zero-order chi connectivity index (χ0) is 37.8. The Morgan fingerprint density at radius 2 is 1.64 bits per heavy atom. The van der Waals surface area contributed by atoms with E-state index in [2.05, 4.69) is 11.9 Å². The van der Waals surface area contributed by atoms with Crippen molar-refractivity contribution >= 4 is 29.8 Å². The number of hydrogen-bond acceptors (Lipinski definition) is 11. The van der Waals surface area contributed by atoms with Crippen LogP contribution in [0.25, 0.3) is 0 Å². The lowest BCUT2D eigenvalue weighted by atomic mass is 9.74. The molecule has 0 saturated carbocycles. The van der Waals surface area contributed by atoms with E-state index >= 15 is 0 Å². The fourth-order valence-electron chi connectivity index (χ4n) is 6.93. The molecule has 2 saturated heterocycles. The van der Waals surface area contributed by atoms with Crippen molar-refractivity contribution < 1.29 is 68.8 Å². The number of ether oxygens (including phenoxy) is 3. The molecule has 1 amide bonds. The van der Waals surface area contributed by atoms with Gasteiger partial charge in [0.1, 0.15) is 6.10 Å². The predicted octanol–water partition coefficient (Wildman–Crippen LogP) is 1.65. The molecule has 15 nitrogen and oxygen atoms in total. The van der Waals surface area contributed by atoms with E-state index < -0.39 is 96.0 Å². The maximum absolute atomic E-state index is 13.2. The molecule has 15 heteroatoms. The fraction of sp³-hybridized carbons (Fsp3) is 0.629. The zero-order valence-corrected chi connectivity index (χ0v) is 28.9. The van der Waals surface area contributed by atoms with Gasteiger partial charge in [-0.1, -0.05) is 76.6 Å². The van der Waals surface area contributed by atoms with Gasteiger partial charge in [-0.3, -0.25) is 9.59 Å². The van der Waals surface area contributed by atoms with Crippen LogP contribution in [0.2, 0.25) is 0 Å². The molecule has 11 atom stereocenters. The summed E-state index contributed by atoms with van der Waals surface area (Å²) in [5, 5.41) is 67.2. The molecule has 11 unspecified atom stereocenters. The van der Waals surface area contributed by atoms with E-state index in [1.54, 1.807) is 6.92 Å². The van der Waals surface area contributed by atoms with Gasteiger partial charge < -0.3 is 50.2 Å².